The number of rotatable bonds is 5. The Morgan fingerprint density at radius 3 is 2.34 bits per heavy atom. The third-order valence-electron chi connectivity index (χ3n) is 6.71. The average molecular weight is 431 g/mol. The molecule has 0 aliphatic carbocycles. The number of anilines is 1. The van der Waals surface area contributed by atoms with Crippen molar-refractivity contribution < 1.29 is 14.4 Å². The second-order valence-corrected chi connectivity index (χ2v) is 8.69. The highest BCUT2D eigenvalue weighted by Gasteiger charge is 2.43. The zero-order valence-electron chi connectivity index (χ0n) is 17.8. The van der Waals surface area contributed by atoms with E-state index < -0.39 is 5.91 Å². The lowest BCUT2D eigenvalue weighted by molar-refractivity contribution is 0.0582. The van der Waals surface area contributed by atoms with Gasteiger partial charge in [0.25, 0.3) is 11.8 Å². The molecule has 2 aromatic heterocycles. The van der Waals surface area contributed by atoms with Gasteiger partial charge in [0.05, 0.1) is 11.3 Å². The molecule has 0 saturated carbocycles. The maximum atomic E-state index is 13.2. The first kappa shape index (κ1) is 20.2. The Bertz CT molecular complexity index is 1200. The molecule has 5 rings (SSSR count). The number of ketones is 1. The minimum atomic E-state index is -0.521. The van der Waals surface area contributed by atoms with E-state index in [0.717, 1.165) is 31.1 Å². The SMILES string of the molecule is CC(=O)c1ccc(C(=O)N2[C@H]3CC[C@H]2CC(Nc2c(C(N)=O)cnc4[nH]ccc24)C3)cc1. The van der Waals surface area contributed by atoms with Gasteiger partial charge in [-0.15, -0.1) is 0 Å². The van der Waals surface area contributed by atoms with Crippen LogP contribution in [-0.2, 0) is 0 Å². The van der Waals surface area contributed by atoms with E-state index in [1.54, 1.807) is 30.5 Å². The highest BCUT2D eigenvalue weighted by atomic mass is 16.2. The number of primary amides is 1. The maximum absolute atomic E-state index is 13.2. The summed E-state index contributed by atoms with van der Waals surface area (Å²) in [5, 5.41) is 4.37. The summed E-state index contributed by atoms with van der Waals surface area (Å²) in [6.45, 7) is 1.52. The van der Waals surface area contributed by atoms with E-state index in [2.05, 4.69) is 15.3 Å². The normalized spacial score (nSPS) is 22.2. The van der Waals surface area contributed by atoms with Gasteiger partial charge in [0.2, 0.25) is 0 Å². The predicted molar refractivity (Wildman–Crippen MR) is 121 cm³/mol. The van der Waals surface area contributed by atoms with Crippen LogP contribution in [0.4, 0.5) is 5.69 Å². The molecular formula is C24H25N5O3. The number of amides is 2. The monoisotopic (exact) mass is 431 g/mol. The first-order chi connectivity index (χ1) is 15.4. The number of pyridine rings is 1. The first-order valence-corrected chi connectivity index (χ1v) is 10.9. The van der Waals surface area contributed by atoms with Gasteiger partial charge in [-0.3, -0.25) is 14.4 Å². The van der Waals surface area contributed by atoms with Crippen molar-refractivity contribution in [2.24, 2.45) is 5.73 Å². The highest BCUT2D eigenvalue weighted by Crippen LogP contribution is 2.39. The molecule has 2 aliphatic heterocycles. The summed E-state index contributed by atoms with van der Waals surface area (Å²) in [6, 6.07) is 9.16. The fraction of sp³-hybridized carbons (Fsp3) is 0.333. The smallest absolute Gasteiger partial charge is 0.254 e. The number of fused-ring (bicyclic) bond motifs is 3. The number of carbonyl (C=O) groups excluding carboxylic acids is 3. The summed E-state index contributed by atoms with van der Waals surface area (Å²) in [5.74, 6) is -0.521. The number of Topliss-reactive ketones (excluding diaryl/α,β-unsaturated/α-hetero) is 1. The number of carbonyl (C=O) groups is 3. The number of benzene rings is 1. The molecule has 8 nitrogen and oxygen atoms in total. The number of H-pyrrole nitrogens is 1. The second kappa shape index (κ2) is 7.78. The Morgan fingerprint density at radius 1 is 1.06 bits per heavy atom. The first-order valence-electron chi connectivity index (χ1n) is 10.9. The minimum absolute atomic E-state index is 0.0146. The number of piperidine rings is 1. The van der Waals surface area contributed by atoms with Crippen molar-refractivity contribution in [3.05, 3.63) is 59.4 Å². The van der Waals surface area contributed by atoms with Crippen LogP contribution in [-0.4, -0.2) is 50.6 Å². The van der Waals surface area contributed by atoms with Crippen LogP contribution in [0.1, 0.15) is 63.7 Å². The zero-order valence-corrected chi connectivity index (χ0v) is 17.8. The molecule has 2 bridgehead atoms. The summed E-state index contributed by atoms with van der Waals surface area (Å²) in [7, 11) is 0. The van der Waals surface area contributed by atoms with Gasteiger partial charge >= 0.3 is 0 Å². The zero-order chi connectivity index (χ0) is 22.4. The number of hydrogen-bond acceptors (Lipinski definition) is 5. The third-order valence-corrected chi connectivity index (χ3v) is 6.71. The molecular weight excluding hydrogens is 406 g/mol. The van der Waals surface area contributed by atoms with E-state index in [0.29, 0.717) is 28.0 Å². The van der Waals surface area contributed by atoms with Crippen LogP contribution < -0.4 is 11.1 Å². The van der Waals surface area contributed by atoms with E-state index in [4.69, 9.17) is 5.73 Å². The second-order valence-electron chi connectivity index (χ2n) is 8.69. The van der Waals surface area contributed by atoms with Crippen LogP contribution in [0.2, 0.25) is 0 Å². The van der Waals surface area contributed by atoms with Crippen molar-refractivity contribution in [3.63, 3.8) is 0 Å². The maximum Gasteiger partial charge on any atom is 0.254 e. The average Bonchev–Trinajstić information content (AvgIpc) is 3.36. The molecule has 1 aromatic carbocycles. The molecule has 2 atom stereocenters. The molecule has 4 N–H and O–H groups in total. The lowest BCUT2D eigenvalue weighted by Crippen LogP contribution is -2.49. The Morgan fingerprint density at radius 2 is 1.72 bits per heavy atom. The molecule has 2 aliphatic rings. The fourth-order valence-corrected chi connectivity index (χ4v) is 5.18. The van der Waals surface area contributed by atoms with Crippen molar-refractivity contribution in [2.45, 2.75) is 50.7 Å². The Kier molecular flexibility index (Phi) is 4.92. The van der Waals surface area contributed by atoms with Gasteiger partial charge in [-0.2, -0.15) is 0 Å². The molecule has 32 heavy (non-hydrogen) atoms. The van der Waals surface area contributed by atoms with Crippen molar-refractivity contribution in [1.82, 2.24) is 14.9 Å². The van der Waals surface area contributed by atoms with E-state index in [1.807, 2.05) is 11.0 Å². The molecule has 8 heteroatoms. The largest absolute Gasteiger partial charge is 0.381 e. The van der Waals surface area contributed by atoms with E-state index in [1.165, 1.54) is 13.1 Å². The van der Waals surface area contributed by atoms with Crippen LogP contribution >= 0.6 is 0 Å². The molecule has 0 spiro atoms. The van der Waals surface area contributed by atoms with Crippen molar-refractivity contribution in [3.8, 4) is 0 Å². The van der Waals surface area contributed by atoms with Gasteiger partial charge < -0.3 is 20.9 Å². The predicted octanol–water partition coefficient (Wildman–Crippen LogP) is 3.11. The minimum Gasteiger partial charge on any atom is -0.381 e. The summed E-state index contributed by atoms with van der Waals surface area (Å²) in [6.07, 6.45) is 6.79. The van der Waals surface area contributed by atoms with Gasteiger partial charge in [0.15, 0.2) is 5.78 Å². The van der Waals surface area contributed by atoms with E-state index in [-0.39, 0.29) is 29.8 Å². The van der Waals surface area contributed by atoms with Gasteiger partial charge in [0.1, 0.15) is 5.65 Å². The summed E-state index contributed by atoms with van der Waals surface area (Å²) < 4.78 is 0. The molecule has 164 valence electrons. The van der Waals surface area contributed by atoms with Crippen molar-refractivity contribution >= 4 is 34.3 Å². The number of aromatic amines is 1. The molecule has 0 unspecified atom stereocenters. The number of aromatic nitrogens is 2. The fourth-order valence-electron chi connectivity index (χ4n) is 5.18. The molecule has 0 radical (unpaired) electrons. The lowest BCUT2D eigenvalue weighted by atomic mass is 9.95. The number of nitrogens with one attached hydrogen (secondary N) is 2. The number of nitrogens with zero attached hydrogens (tertiary/aromatic N) is 2. The van der Waals surface area contributed by atoms with Crippen LogP contribution in [0.3, 0.4) is 0 Å². The quantitative estimate of drug-likeness (QED) is 0.536. The van der Waals surface area contributed by atoms with Crippen LogP contribution in [0, 0.1) is 0 Å². The Hall–Kier alpha value is -3.68. The highest BCUT2D eigenvalue weighted by molar-refractivity contribution is 6.06. The van der Waals surface area contributed by atoms with Crippen LogP contribution in [0.25, 0.3) is 11.0 Å². The van der Waals surface area contributed by atoms with Crippen molar-refractivity contribution in [1.29, 1.82) is 0 Å². The Balaban J connectivity index is 1.36. The van der Waals surface area contributed by atoms with Crippen molar-refractivity contribution in [2.75, 3.05) is 5.32 Å². The lowest BCUT2D eigenvalue weighted by Gasteiger charge is -2.40. The molecule has 2 fully saturated rings. The summed E-state index contributed by atoms with van der Waals surface area (Å²) in [5.41, 5.74) is 8.58. The Labute approximate surface area is 185 Å². The topological polar surface area (TPSA) is 121 Å². The van der Waals surface area contributed by atoms with Crippen LogP contribution in [0.15, 0.2) is 42.7 Å². The van der Waals surface area contributed by atoms with Gasteiger partial charge in [-0.1, -0.05) is 12.1 Å². The van der Waals surface area contributed by atoms with Gasteiger partial charge in [-0.05, 0) is 50.8 Å². The summed E-state index contributed by atoms with van der Waals surface area (Å²) >= 11 is 0. The van der Waals surface area contributed by atoms with Gasteiger partial charge in [0, 0.05) is 47.0 Å². The molecule has 4 heterocycles. The number of hydrogen-bond donors (Lipinski definition) is 3. The molecule has 2 saturated heterocycles. The number of nitrogens with two attached hydrogens (primary N) is 1. The van der Waals surface area contributed by atoms with E-state index >= 15 is 0 Å². The molecule has 2 amide bonds. The van der Waals surface area contributed by atoms with E-state index in [9.17, 15) is 14.4 Å². The third kappa shape index (κ3) is 3.41. The summed E-state index contributed by atoms with van der Waals surface area (Å²) in [4.78, 5) is 46.1. The van der Waals surface area contributed by atoms with Gasteiger partial charge in [-0.25, -0.2) is 4.98 Å². The van der Waals surface area contributed by atoms with Crippen LogP contribution in [0.5, 0.6) is 0 Å². The molecule has 3 aromatic rings. The standard InChI is InChI=1S/C24H25N5O3/c1-13(30)14-2-4-15(5-3-14)24(32)29-17-6-7-18(29)11-16(10-17)28-21-19-8-9-26-23(19)27-12-20(21)22(25)31/h2-5,8-9,12,16-18H,6-7,10-11H2,1H3,(H2,25,31)(H2,26,27,28)/t17-,18-/m0/s1.